The standard InChI is InChI=1S/C14H19N3O2/c1-15-11-3-2-4-12(14(11)17(18)19)16-13(9-5-6-9)10-7-8-10/h2-4,9-10,13,15-16H,5-8H2,1H3. The van der Waals surface area contributed by atoms with Crippen molar-refractivity contribution < 1.29 is 4.92 Å². The highest BCUT2D eigenvalue weighted by Gasteiger charge is 2.42. The molecule has 2 N–H and O–H groups in total. The molecule has 0 spiro atoms. The maximum atomic E-state index is 11.3. The Hall–Kier alpha value is -1.78. The van der Waals surface area contributed by atoms with Gasteiger partial charge in [-0.2, -0.15) is 0 Å². The van der Waals surface area contributed by atoms with E-state index in [0.29, 0.717) is 29.3 Å². The van der Waals surface area contributed by atoms with Gasteiger partial charge in [0.25, 0.3) is 0 Å². The number of nitro groups is 1. The lowest BCUT2D eigenvalue weighted by atomic mass is 10.1. The second-order valence-electron chi connectivity index (χ2n) is 5.55. The third kappa shape index (κ3) is 2.50. The van der Waals surface area contributed by atoms with E-state index in [1.54, 1.807) is 13.1 Å². The molecule has 2 saturated carbocycles. The molecule has 2 aliphatic carbocycles. The summed E-state index contributed by atoms with van der Waals surface area (Å²) in [7, 11) is 1.71. The van der Waals surface area contributed by atoms with E-state index in [-0.39, 0.29) is 10.6 Å². The molecular weight excluding hydrogens is 242 g/mol. The van der Waals surface area contributed by atoms with Crippen LogP contribution in [0.2, 0.25) is 0 Å². The smallest absolute Gasteiger partial charge is 0.315 e. The largest absolute Gasteiger partial charge is 0.382 e. The predicted octanol–water partition coefficient (Wildman–Crippen LogP) is 3.24. The van der Waals surface area contributed by atoms with Gasteiger partial charge in [-0.3, -0.25) is 10.1 Å². The molecule has 0 heterocycles. The number of hydrogen-bond donors (Lipinski definition) is 2. The molecule has 5 nitrogen and oxygen atoms in total. The second-order valence-corrected chi connectivity index (χ2v) is 5.55. The Morgan fingerprint density at radius 2 is 1.79 bits per heavy atom. The van der Waals surface area contributed by atoms with Crippen molar-refractivity contribution in [3.8, 4) is 0 Å². The van der Waals surface area contributed by atoms with Crippen molar-refractivity contribution in [2.45, 2.75) is 31.7 Å². The molecule has 3 rings (SSSR count). The first-order valence-electron chi connectivity index (χ1n) is 6.92. The Balaban J connectivity index is 1.88. The fourth-order valence-electron chi connectivity index (χ4n) is 2.77. The van der Waals surface area contributed by atoms with Crippen molar-refractivity contribution in [2.75, 3.05) is 17.7 Å². The zero-order valence-electron chi connectivity index (χ0n) is 11.1. The normalized spacial score (nSPS) is 18.4. The Labute approximate surface area is 112 Å². The molecule has 0 saturated heterocycles. The van der Waals surface area contributed by atoms with Crippen molar-refractivity contribution in [1.29, 1.82) is 0 Å². The highest BCUT2D eigenvalue weighted by molar-refractivity contribution is 5.76. The van der Waals surface area contributed by atoms with Gasteiger partial charge < -0.3 is 10.6 Å². The monoisotopic (exact) mass is 261 g/mol. The van der Waals surface area contributed by atoms with Crippen LogP contribution in [0.4, 0.5) is 17.1 Å². The summed E-state index contributed by atoms with van der Waals surface area (Å²) >= 11 is 0. The molecule has 19 heavy (non-hydrogen) atoms. The van der Waals surface area contributed by atoms with Gasteiger partial charge in [-0.1, -0.05) is 6.07 Å². The van der Waals surface area contributed by atoms with Crippen LogP contribution >= 0.6 is 0 Å². The first-order valence-corrected chi connectivity index (χ1v) is 6.92. The summed E-state index contributed by atoms with van der Waals surface area (Å²) in [5.74, 6) is 1.43. The van der Waals surface area contributed by atoms with Crippen LogP contribution in [0.3, 0.4) is 0 Å². The number of para-hydroxylation sites is 1. The summed E-state index contributed by atoms with van der Waals surface area (Å²) in [6.07, 6.45) is 5.03. The van der Waals surface area contributed by atoms with Gasteiger partial charge in [0.2, 0.25) is 0 Å². The van der Waals surface area contributed by atoms with E-state index in [2.05, 4.69) is 10.6 Å². The van der Waals surface area contributed by atoms with E-state index in [9.17, 15) is 10.1 Å². The third-order valence-corrected chi connectivity index (χ3v) is 4.07. The second kappa shape index (κ2) is 4.72. The van der Waals surface area contributed by atoms with E-state index >= 15 is 0 Å². The van der Waals surface area contributed by atoms with Crippen LogP contribution in [-0.4, -0.2) is 18.0 Å². The summed E-state index contributed by atoms with van der Waals surface area (Å²) in [6.45, 7) is 0. The molecular formula is C14H19N3O2. The molecule has 2 fully saturated rings. The maximum Gasteiger partial charge on any atom is 0.315 e. The van der Waals surface area contributed by atoms with E-state index in [1.165, 1.54) is 25.7 Å². The molecule has 0 unspecified atom stereocenters. The number of nitrogens with one attached hydrogen (secondary N) is 2. The molecule has 0 amide bonds. The van der Waals surface area contributed by atoms with Gasteiger partial charge in [-0.05, 0) is 49.7 Å². The van der Waals surface area contributed by atoms with Crippen LogP contribution in [0.15, 0.2) is 18.2 Å². The molecule has 0 radical (unpaired) electrons. The highest BCUT2D eigenvalue weighted by atomic mass is 16.6. The summed E-state index contributed by atoms with van der Waals surface area (Å²) in [4.78, 5) is 11.0. The van der Waals surface area contributed by atoms with Gasteiger partial charge in [0.15, 0.2) is 0 Å². The van der Waals surface area contributed by atoms with E-state index in [1.807, 2.05) is 12.1 Å². The van der Waals surface area contributed by atoms with Crippen LogP contribution in [0.1, 0.15) is 25.7 Å². The number of benzene rings is 1. The Bertz CT molecular complexity index is 483. The summed E-state index contributed by atoms with van der Waals surface area (Å²) in [5.41, 5.74) is 1.39. The number of nitrogens with zero attached hydrogens (tertiary/aromatic N) is 1. The third-order valence-electron chi connectivity index (χ3n) is 4.07. The molecule has 0 aromatic heterocycles. The number of anilines is 2. The predicted molar refractivity (Wildman–Crippen MR) is 75.5 cm³/mol. The number of hydrogen-bond acceptors (Lipinski definition) is 4. The average molecular weight is 261 g/mol. The lowest BCUT2D eigenvalue weighted by molar-refractivity contribution is -0.383. The zero-order chi connectivity index (χ0) is 13.4. The summed E-state index contributed by atoms with van der Waals surface area (Å²) < 4.78 is 0. The molecule has 5 heteroatoms. The van der Waals surface area contributed by atoms with Gasteiger partial charge in [0.1, 0.15) is 11.4 Å². The first-order chi connectivity index (χ1) is 9.20. The average Bonchev–Trinajstić information content (AvgIpc) is 3.28. The fourth-order valence-corrected chi connectivity index (χ4v) is 2.77. The Kier molecular flexibility index (Phi) is 3.05. The molecule has 1 aromatic rings. The van der Waals surface area contributed by atoms with Crippen molar-refractivity contribution in [2.24, 2.45) is 11.8 Å². The van der Waals surface area contributed by atoms with E-state index in [0.717, 1.165) is 0 Å². The van der Waals surface area contributed by atoms with Gasteiger partial charge in [0, 0.05) is 13.1 Å². The van der Waals surface area contributed by atoms with Gasteiger partial charge in [-0.15, -0.1) is 0 Å². The molecule has 0 aliphatic heterocycles. The molecule has 0 atom stereocenters. The Morgan fingerprint density at radius 1 is 1.21 bits per heavy atom. The lowest BCUT2D eigenvalue weighted by Gasteiger charge is -2.19. The minimum Gasteiger partial charge on any atom is -0.382 e. The summed E-state index contributed by atoms with van der Waals surface area (Å²) in [5, 5.41) is 17.6. The SMILES string of the molecule is CNc1cccc(NC(C2CC2)C2CC2)c1[N+](=O)[O-]. The van der Waals surface area contributed by atoms with Gasteiger partial charge >= 0.3 is 5.69 Å². The van der Waals surface area contributed by atoms with Crippen LogP contribution in [0.25, 0.3) is 0 Å². The molecule has 102 valence electrons. The van der Waals surface area contributed by atoms with Crippen LogP contribution < -0.4 is 10.6 Å². The zero-order valence-corrected chi connectivity index (χ0v) is 11.1. The Morgan fingerprint density at radius 3 is 2.26 bits per heavy atom. The topological polar surface area (TPSA) is 67.2 Å². The number of rotatable bonds is 6. The lowest BCUT2D eigenvalue weighted by Crippen LogP contribution is -2.24. The fraction of sp³-hybridized carbons (Fsp3) is 0.571. The molecule has 2 aliphatic rings. The van der Waals surface area contributed by atoms with E-state index in [4.69, 9.17) is 0 Å². The summed E-state index contributed by atoms with van der Waals surface area (Å²) in [6, 6.07) is 5.84. The minimum absolute atomic E-state index is 0.163. The maximum absolute atomic E-state index is 11.3. The van der Waals surface area contributed by atoms with Gasteiger partial charge in [-0.25, -0.2) is 0 Å². The van der Waals surface area contributed by atoms with Crippen molar-refractivity contribution in [3.05, 3.63) is 28.3 Å². The first kappa shape index (κ1) is 12.3. The highest BCUT2D eigenvalue weighted by Crippen LogP contribution is 2.47. The minimum atomic E-state index is -0.301. The quantitative estimate of drug-likeness (QED) is 0.609. The molecule has 0 bridgehead atoms. The van der Waals surface area contributed by atoms with Crippen LogP contribution in [-0.2, 0) is 0 Å². The van der Waals surface area contributed by atoms with E-state index < -0.39 is 0 Å². The van der Waals surface area contributed by atoms with Crippen molar-refractivity contribution in [3.63, 3.8) is 0 Å². The molecule has 1 aromatic carbocycles. The van der Waals surface area contributed by atoms with Crippen molar-refractivity contribution in [1.82, 2.24) is 0 Å². The number of nitro benzene ring substituents is 1. The van der Waals surface area contributed by atoms with Crippen LogP contribution in [0, 0.1) is 22.0 Å². The van der Waals surface area contributed by atoms with Gasteiger partial charge in [0.05, 0.1) is 4.92 Å². The van der Waals surface area contributed by atoms with Crippen LogP contribution in [0.5, 0.6) is 0 Å². The van der Waals surface area contributed by atoms with Crippen molar-refractivity contribution >= 4 is 17.1 Å².